The summed E-state index contributed by atoms with van der Waals surface area (Å²) < 4.78 is 0. The lowest BCUT2D eigenvalue weighted by Gasteiger charge is -2.32. The third-order valence-corrected chi connectivity index (χ3v) is 4.39. The van der Waals surface area contributed by atoms with E-state index in [2.05, 4.69) is 40.3 Å². The number of carbonyl (C=O) groups excluding carboxylic acids is 1. The molecule has 4 nitrogen and oxygen atoms in total. The maximum Gasteiger partial charge on any atom is 0.256 e. The first-order chi connectivity index (χ1) is 10.8. The normalized spacial score (nSPS) is 15.7. The van der Waals surface area contributed by atoms with Gasteiger partial charge in [0.2, 0.25) is 0 Å². The summed E-state index contributed by atoms with van der Waals surface area (Å²) in [6, 6.07) is 10.6. The molecule has 0 bridgehead atoms. The molecule has 4 heteroatoms. The Bertz CT molecular complexity index is 592. The Balaban J connectivity index is 1.47. The summed E-state index contributed by atoms with van der Waals surface area (Å²) in [5.41, 5.74) is 1.99. The summed E-state index contributed by atoms with van der Waals surface area (Å²) in [5.74, 6) is 0.776. The van der Waals surface area contributed by atoms with E-state index in [1.54, 1.807) is 12.4 Å². The maximum absolute atomic E-state index is 12.3. The molecule has 1 aliphatic heterocycles. The molecule has 22 heavy (non-hydrogen) atoms. The van der Waals surface area contributed by atoms with Crippen molar-refractivity contribution in [2.75, 3.05) is 13.1 Å². The second-order valence-electron chi connectivity index (χ2n) is 5.89. The van der Waals surface area contributed by atoms with Gasteiger partial charge in [-0.15, -0.1) is 0 Å². The summed E-state index contributed by atoms with van der Waals surface area (Å²) in [7, 11) is 0. The van der Waals surface area contributed by atoms with E-state index >= 15 is 0 Å². The molecule has 0 radical (unpaired) electrons. The summed E-state index contributed by atoms with van der Waals surface area (Å²) in [6.45, 7) is 1.68. The molecule has 1 amide bonds. The predicted molar refractivity (Wildman–Crippen MR) is 85.4 cm³/mol. The minimum Gasteiger partial charge on any atom is -0.339 e. The van der Waals surface area contributed by atoms with Crippen molar-refractivity contribution in [2.24, 2.45) is 5.92 Å². The van der Waals surface area contributed by atoms with Crippen molar-refractivity contribution in [3.8, 4) is 0 Å². The molecule has 1 aromatic carbocycles. The van der Waals surface area contributed by atoms with Crippen LogP contribution in [-0.4, -0.2) is 33.9 Å². The number of nitrogens with zero attached hydrogens (tertiary/aromatic N) is 3. The molecular formula is C18H21N3O. The number of rotatable bonds is 4. The van der Waals surface area contributed by atoms with E-state index in [0.717, 1.165) is 38.3 Å². The van der Waals surface area contributed by atoms with Crippen LogP contribution in [0.4, 0.5) is 0 Å². The van der Waals surface area contributed by atoms with Gasteiger partial charge in [0.1, 0.15) is 6.33 Å². The smallest absolute Gasteiger partial charge is 0.256 e. The number of hydrogen-bond acceptors (Lipinski definition) is 3. The molecule has 2 heterocycles. The van der Waals surface area contributed by atoms with E-state index in [4.69, 9.17) is 0 Å². The fraction of sp³-hybridized carbons (Fsp3) is 0.389. The van der Waals surface area contributed by atoms with Crippen molar-refractivity contribution in [3.05, 3.63) is 60.2 Å². The number of benzene rings is 1. The number of hydrogen-bond donors (Lipinski definition) is 0. The lowest BCUT2D eigenvalue weighted by Crippen LogP contribution is -2.38. The second-order valence-corrected chi connectivity index (χ2v) is 5.89. The van der Waals surface area contributed by atoms with E-state index in [-0.39, 0.29) is 5.91 Å². The number of aryl methyl sites for hydroxylation is 1. The van der Waals surface area contributed by atoms with Gasteiger partial charge in [-0.2, -0.15) is 0 Å². The van der Waals surface area contributed by atoms with Crippen LogP contribution in [0, 0.1) is 5.92 Å². The van der Waals surface area contributed by atoms with Crippen LogP contribution in [0.5, 0.6) is 0 Å². The van der Waals surface area contributed by atoms with Crippen LogP contribution in [0.15, 0.2) is 49.1 Å². The Hall–Kier alpha value is -2.23. The third kappa shape index (κ3) is 3.70. The van der Waals surface area contributed by atoms with Gasteiger partial charge < -0.3 is 4.90 Å². The van der Waals surface area contributed by atoms with Crippen molar-refractivity contribution in [2.45, 2.75) is 25.7 Å². The zero-order valence-electron chi connectivity index (χ0n) is 12.7. The Morgan fingerprint density at radius 3 is 2.45 bits per heavy atom. The largest absolute Gasteiger partial charge is 0.339 e. The number of amides is 1. The average molecular weight is 295 g/mol. The minimum atomic E-state index is 0.0575. The molecule has 0 atom stereocenters. The first-order valence-corrected chi connectivity index (χ1v) is 7.91. The lowest BCUT2D eigenvalue weighted by atomic mass is 9.90. The second kappa shape index (κ2) is 7.16. The van der Waals surface area contributed by atoms with E-state index < -0.39 is 0 Å². The molecule has 0 aliphatic carbocycles. The quantitative estimate of drug-likeness (QED) is 0.871. The molecule has 3 rings (SSSR count). The van der Waals surface area contributed by atoms with Crippen molar-refractivity contribution < 1.29 is 4.79 Å². The molecule has 0 unspecified atom stereocenters. The summed E-state index contributed by atoms with van der Waals surface area (Å²) in [6.07, 6.45) is 9.16. The standard InChI is InChI=1S/C18H21N3O/c22-18(17-12-19-14-20-13-17)21-10-8-16(9-11-21)7-6-15-4-2-1-3-5-15/h1-5,12-14,16H,6-11H2. The van der Waals surface area contributed by atoms with E-state index in [0.29, 0.717) is 5.56 Å². The van der Waals surface area contributed by atoms with Gasteiger partial charge in [0.15, 0.2) is 0 Å². The molecule has 114 valence electrons. The number of aromatic nitrogens is 2. The van der Waals surface area contributed by atoms with Gasteiger partial charge in [-0.3, -0.25) is 4.79 Å². The van der Waals surface area contributed by atoms with Gasteiger partial charge in [0.25, 0.3) is 5.91 Å². The van der Waals surface area contributed by atoms with Gasteiger partial charge in [-0.25, -0.2) is 9.97 Å². The van der Waals surface area contributed by atoms with Crippen molar-refractivity contribution in [1.82, 2.24) is 14.9 Å². The van der Waals surface area contributed by atoms with Crippen LogP contribution in [0.2, 0.25) is 0 Å². The van der Waals surface area contributed by atoms with Gasteiger partial charge in [-0.1, -0.05) is 30.3 Å². The van der Waals surface area contributed by atoms with Crippen LogP contribution in [0.25, 0.3) is 0 Å². The Labute approximate surface area is 131 Å². The summed E-state index contributed by atoms with van der Waals surface area (Å²) >= 11 is 0. The average Bonchev–Trinajstić information content (AvgIpc) is 2.61. The Morgan fingerprint density at radius 1 is 1.09 bits per heavy atom. The SMILES string of the molecule is O=C(c1cncnc1)N1CCC(CCc2ccccc2)CC1. The monoisotopic (exact) mass is 295 g/mol. The maximum atomic E-state index is 12.3. The highest BCUT2D eigenvalue weighted by Gasteiger charge is 2.23. The van der Waals surface area contributed by atoms with Crippen molar-refractivity contribution in [1.29, 1.82) is 0 Å². The summed E-state index contributed by atoms with van der Waals surface area (Å²) in [5, 5.41) is 0. The lowest BCUT2D eigenvalue weighted by molar-refractivity contribution is 0.0686. The van der Waals surface area contributed by atoms with Gasteiger partial charge >= 0.3 is 0 Å². The van der Waals surface area contributed by atoms with Crippen LogP contribution >= 0.6 is 0 Å². The number of carbonyl (C=O) groups is 1. The topological polar surface area (TPSA) is 46.1 Å². The van der Waals surface area contributed by atoms with Gasteiger partial charge in [-0.05, 0) is 37.2 Å². The summed E-state index contributed by atoms with van der Waals surface area (Å²) in [4.78, 5) is 22.1. The van der Waals surface area contributed by atoms with E-state index in [9.17, 15) is 4.79 Å². The first kappa shape index (κ1) is 14.7. The van der Waals surface area contributed by atoms with Crippen LogP contribution < -0.4 is 0 Å². The third-order valence-electron chi connectivity index (χ3n) is 4.39. The fourth-order valence-corrected chi connectivity index (χ4v) is 3.03. The number of likely N-dealkylation sites (tertiary alicyclic amines) is 1. The first-order valence-electron chi connectivity index (χ1n) is 7.91. The molecule has 1 fully saturated rings. The zero-order valence-corrected chi connectivity index (χ0v) is 12.7. The molecule has 2 aromatic rings. The molecular weight excluding hydrogens is 274 g/mol. The predicted octanol–water partition coefficient (Wildman–Crippen LogP) is 2.96. The Kier molecular flexibility index (Phi) is 4.78. The molecule has 0 N–H and O–H groups in total. The van der Waals surface area contributed by atoms with Gasteiger partial charge in [0, 0.05) is 25.5 Å². The minimum absolute atomic E-state index is 0.0575. The zero-order chi connectivity index (χ0) is 15.2. The molecule has 1 aliphatic rings. The number of piperidine rings is 1. The van der Waals surface area contributed by atoms with Crippen LogP contribution in [0.1, 0.15) is 35.2 Å². The van der Waals surface area contributed by atoms with Crippen LogP contribution in [0.3, 0.4) is 0 Å². The Morgan fingerprint density at radius 2 is 1.77 bits per heavy atom. The highest BCUT2D eigenvalue weighted by atomic mass is 16.2. The van der Waals surface area contributed by atoms with Crippen LogP contribution in [-0.2, 0) is 6.42 Å². The fourth-order valence-electron chi connectivity index (χ4n) is 3.03. The molecule has 0 spiro atoms. The molecule has 1 saturated heterocycles. The van der Waals surface area contributed by atoms with Crippen molar-refractivity contribution in [3.63, 3.8) is 0 Å². The van der Waals surface area contributed by atoms with Crippen molar-refractivity contribution >= 4 is 5.91 Å². The highest BCUT2D eigenvalue weighted by Crippen LogP contribution is 2.23. The molecule has 0 saturated carbocycles. The van der Waals surface area contributed by atoms with Gasteiger partial charge in [0.05, 0.1) is 5.56 Å². The van der Waals surface area contributed by atoms with E-state index in [1.165, 1.54) is 18.3 Å². The highest BCUT2D eigenvalue weighted by molar-refractivity contribution is 5.93. The molecule has 1 aromatic heterocycles. The van der Waals surface area contributed by atoms with E-state index in [1.807, 2.05) is 4.90 Å².